The molecule has 0 saturated carbocycles. The Bertz CT molecular complexity index is 604. The number of anilines is 3. The minimum Gasteiger partial charge on any atom is -0.373 e. The van der Waals surface area contributed by atoms with Crippen LogP contribution in [0.2, 0.25) is 5.02 Å². The van der Waals surface area contributed by atoms with Crippen LogP contribution in [-0.4, -0.2) is 17.0 Å². The predicted molar refractivity (Wildman–Crippen MR) is 80.3 cm³/mol. The third-order valence-electron chi connectivity index (χ3n) is 2.89. The molecule has 2 aromatic rings. The highest BCUT2D eigenvalue weighted by Crippen LogP contribution is 2.28. The molecule has 0 aliphatic carbocycles. The maximum Gasteiger partial charge on any atom is 0.165 e. The van der Waals surface area contributed by atoms with Gasteiger partial charge in [-0.15, -0.1) is 0 Å². The summed E-state index contributed by atoms with van der Waals surface area (Å²) in [5.41, 5.74) is 1.23. The lowest BCUT2D eigenvalue weighted by Crippen LogP contribution is -2.06. The molecule has 0 saturated heterocycles. The Kier molecular flexibility index (Phi) is 4.74. The summed E-state index contributed by atoms with van der Waals surface area (Å²) in [7, 11) is 1.80. The van der Waals surface area contributed by atoms with Crippen molar-refractivity contribution in [3.8, 4) is 0 Å². The number of aromatic nitrogens is 2. The summed E-state index contributed by atoms with van der Waals surface area (Å²) >= 11 is 5.78. The van der Waals surface area contributed by atoms with E-state index >= 15 is 0 Å². The smallest absolute Gasteiger partial charge is 0.165 e. The Morgan fingerprint density at radius 2 is 2.00 bits per heavy atom. The van der Waals surface area contributed by atoms with E-state index in [1.54, 1.807) is 19.2 Å². The van der Waals surface area contributed by atoms with Crippen LogP contribution in [0.1, 0.15) is 18.9 Å². The summed E-state index contributed by atoms with van der Waals surface area (Å²) in [4.78, 5) is 8.38. The number of rotatable bonds is 5. The van der Waals surface area contributed by atoms with Gasteiger partial charge in [0.15, 0.2) is 5.82 Å². The van der Waals surface area contributed by atoms with Gasteiger partial charge in [-0.2, -0.15) is 0 Å². The Hall–Kier alpha value is -1.88. The number of hydrogen-bond acceptors (Lipinski definition) is 4. The molecule has 2 N–H and O–H groups in total. The Morgan fingerprint density at radius 1 is 1.25 bits per heavy atom. The third kappa shape index (κ3) is 2.99. The van der Waals surface area contributed by atoms with Gasteiger partial charge >= 0.3 is 0 Å². The average molecular weight is 295 g/mol. The van der Waals surface area contributed by atoms with E-state index in [0.29, 0.717) is 11.5 Å². The van der Waals surface area contributed by atoms with E-state index in [1.807, 2.05) is 0 Å². The molecule has 6 heteroatoms. The zero-order chi connectivity index (χ0) is 14.5. The second kappa shape index (κ2) is 6.52. The Balaban J connectivity index is 2.40. The molecule has 2 rings (SSSR count). The summed E-state index contributed by atoms with van der Waals surface area (Å²) in [6.45, 7) is 2.07. The van der Waals surface area contributed by atoms with Crippen molar-refractivity contribution in [2.45, 2.75) is 19.8 Å². The van der Waals surface area contributed by atoms with Gasteiger partial charge in [-0.25, -0.2) is 14.4 Å². The number of halogens is 2. The van der Waals surface area contributed by atoms with Crippen LogP contribution in [0, 0.1) is 5.82 Å². The molecule has 0 aliphatic rings. The Labute approximate surface area is 122 Å². The maximum absolute atomic E-state index is 13.9. The second-order valence-electron chi connectivity index (χ2n) is 4.28. The molecule has 106 valence electrons. The number of nitrogens with one attached hydrogen (secondary N) is 2. The van der Waals surface area contributed by atoms with Gasteiger partial charge in [0.05, 0.1) is 10.7 Å². The summed E-state index contributed by atoms with van der Waals surface area (Å²) in [6, 6.07) is 4.82. The average Bonchev–Trinajstić information content (AvgIpc) is 2.46. The van der Waals surface area contributed by atoms with Crippen molar-refractivity contribution in [1.29, 1.82) is 0 Å². The Morgan fingerprint density at radius 3 is 2.70 bits per heavy atom. The number of benzene rings is 1. The highest BCUT2D eigenvalue weighted by Gasteiger charge is 2.12. The minimum absolute atomic E-state index is 0.0786. The summed E-state index contributed by atoms with van der Waals surface area (Å²) in [5, 5.41) is 6.09. The first-order chi connectivity index (χ1) is 9.67. The van der Waals surface area contributed by atoms with Crippen molar-refractivity contribution in [1.82, 2.24) is 9.97 Å². The lowest BCUT2D eigenvalue weighted by Gasteiger charge is -2.14. The molecule has 0 bridgehead atoms. The molecule has 0 radical (unpaired) electrons. The van der Waals surface area contributed by atoms with Gasteiger partial charge in [-0.05, 0) is 18.6 Å². The SMILES string of the molecule is CCCc1c(NC)ncnc1Nc1cccc(Cl)c1F. The molecular formula is C14H16ClFN4. The van der Waals surface area contributed by atoms with E-state index in [9.17, 15) is 4.39 Å². The van der Waals surface area contributed by atoms with E-state index < -0.39 is 5.82 Å². The normalized spacial score (nSPS) is 10.4. The van der Waals surface area contributed by atoms with E-state index in [1.165, 1.54) is 12.4 Å². The molecule has 1 aromatic heterocycles. The van der Waals surface area contributed by atoms with Gasteiger partial charge in [0.2, 0.25) is 0 Å². The minimum atomic E-state index is -0.485. The van der Waals surface area contributed by atoms with Gasteiger partial charge in [-0.1, -0.05) is 31.0 Å². The van der Waals surface area contributed by atoms with Gasteiger partial charge in [0.25, 0.3) is 0 Å². The van der Waals surface area contributed by atoms with Gasteiger partial charge in [0.1, 0.15) is 18.0 Å². The van der Waals surface area contributed by atoms with Crippen LogP contribution in [0.25, 0.3) is 0 Å². The number of hydrogen-bond donors (Lipinski definition) is 2. The summed E-state index contributed by atoms with van der Waals surface area (Å²) < 4.78 is 13.9. The largest absolute Gasteiger partial charge is 0.373 e. The van der Waals surface area contributed by atoms with Gasteiger partial charge in [0, 0.05) is 12.6 Å². The molecule has 0 atom stereocenters. The molecule has 0 aliphatic heterocycles. The fraction of sp³-hybridized carbons (Fsp3) is 0.286. The summed E-state index contributed by atoms with van der Waals surface area (Å²) in [6.07, 6.45) is 3.17. The number of nitrogens with zero attached hydrogens (tertiary/aromatic N) is 2. The standard InChI is InChI=1S/C14H16ClFN4/c1-3-5-9-13(17-2)18-8-19-14(9)20-11-7-4-6-10(15)12(11)16/h4,6-8H,3,5H2,1-2H3,(H2,17,18,19,20). The predicted octanol–water partition coefficient (Wildman–Crippen LogP) is 4.01. The van der Waals surface area contributed by atoms with Crippen LogP contribution < -0.4 is 10.6 Å². The fourth-order valence-electron chi connectivity index (χ4n) is 1.95. The van der Waals surface area contributed by atoms with E-state index in [0.717, 1.165) is 24.2 Å². The van der Waals surface area contributed by atoms with Crippen molar-refractivity contribution < 1.29 is 4.39 Å². The van der Waals surface area contributed by atoms with Crippen LogP contribution in [0.5, 0.6) is 0 Å². The molecule has 0 amide bonds. The molecule has 1 heterocycles. The molecule has 1 aromatic carbocycles. The molecule has 4 nitrogen and oxygen atoms in total. The van der Waals surface area contributed by atoms with Crippen molar-refractivity contribution in [2.24, 2.45) is 0 Å². The lowest BCUT2D eigenvalue weighted by atomic mass is 10.1. The highest BCUT2D eigenvalue weighted by atomic mass is 35.5. The molecule has 0 spiro atoms. The third-order valence-corrected chi connectivity index (χ3v) is 3.18. The van der Waals surface area contributed by atoms with Gasteiger partial charge < -0.3 is 10.6 Å². The first kappa shape index (κ1) is 14.5. The van der Waals surface area contributed by atoms with Crippen molar-refractivity contribution in [2.75, 3.05) is 17.7 Å². The summed E-state index contributed by atoms with van der Waals surface area (Å²) in [5.74, 6) is 0.848. The van der Waals surface area contributed by atoms with Crippen molar-refractivity contribution >= 4 is 28.9 Å². The molecule has 0 fully saturated rings. The van der Waals surface area contributed by atoms with Crippen LogP contribution in [0.4, 0.5) is 21.7 Å². The maximum atomic E-state index is 13.9. The lowest BCUT2D eigenvalue weighted by molar-refractivity contribution is 0.632. The second-order valence-corrected chi connectivity index (χ2v) is 4.68. The van der Waals surface area contributed by atoms with E-state index in [2.05, 4.69) is 27.5 Å². The zero-order valence-corrected chi connectivity index (χ0v) is 12.1. The van der Waals surface area contributed by atoms with Gasteiger partial charge in [-0.3, -0.25) is 0 Å². The molecule has 0 unspecified atom stereocenters. The first-order valence-corrected chi connectivity index (χ1v) is 6.77. The van der Waals surface area contributed by atoms with Crippen LogP contribution >= 0.6 is 11.6 Å². The topological polar surface area (TPSA) is 49.8 Å². The molecule has 20 heavy (non-hydrogen) atoms. The quantitative estimate of drug-likeness (QED) is 0.875. The zero-order valence-electron chi connectivity index (χ0n) is 11.4. The van der Waals surface area contributed by atoms with E-state index in [4.69, 9.17) is 11.6 Å². The fourth-order valence-corrected chi connectivity index (χ4v) is 2.12. The van der Waals surface area contributed by atoms with E-state index in [-0.39, 0.29) is 5.02 Å². The first-order valence-electron chi connectivity index (χ1n) is 6.40. The highest BCUT2D eigenvalue weighted by molar-refractivity contribution is 6.31. The van der Waals surface area contributed by atoms with Crippen molar-refractivity contribution in [3.63, 3.8) is 0 Å². The van der Waals surface area contributed by atoms with Crippen LogP contribution in [-0.2, 0) is 6.42 Å². The van der Waals surface area contributed by atoms with Crippen LogP contribution in [0.3, 0.4) is 0 Å². The molecular weight excluding hydrogens is 279 g/mol. The monoisotopic (exact) mass is 294 g/mol. The van der Waals surface area contributed by atoms with Crippen LogP contribution in [0.15, 0.2) is 24.5 Å². The van der Waals surface area contributed by atoms with Crippen molar-refractivity contribution in [3.05, 3.63) is 40.9 Å².